The van der Waals surface area contributed by atoms with Crippen molar-refractivity contribution in [1.82, 2.24) is 0 Å². The molecule has 1 aromatic heterocycles. The summed E-state index contributed by atoms with van der Waals surface area (Å²) >= 11 is 1.91. The van der Waals surface area contributed by atoms with Crippen LogP contribution in [0.15, 0.2) is 182 Å². The highest BCUT2D eigenvalue weighted by molar-refractivity contribution is 7.25. The maximum absolute atomic E-state index is 2.51. The van der Waals surface area contributed by atoms with Crippen molar-refractivity contribution in [2.45, 2.75) is 25.2 Å². The van der Waals surface area contributed by atoms with Crippen molar-refractivity contribution >= 4 is 59.3 Å². The van der Waals surface area contributed by atoms with Crippen LogP contribution in [0.25, 0.3) is 42.1 Å². The van der Waals surface area contributed by atoms with Crippen molar-refractivity contribution in [3.8, 4) is 11.1 Å². The summed E-state index contributed by atoms with van der Waals surface area (Å²) in [6.45, 7) is 4.79. The Bertz CT molecular complexity index is 2720. The molecule has 1 aliphatic rings. The van der Waals surface area contributed by atoms with E-state index in [0.29, 0.717) is 0 Å². The summed E-state index contributed by atoms with van der Waals surface area (Å²) in [5.74, 6) is 0.135. The van der Waals surface area contributed by atoms with E-state index >= 15 is 0 Å². The van der Waals surface area contributed by atoms with E-state index in [1.165, 1.54) is 75.6 Å². The van der Waals surface area contributed by atoms with Crippen LogP contribution >= 0.6 is 11.3 Å². The van der Waals surface area contributed by atoms with Crippen molar-refractivity contribution in [3.63, 3.8) is 0 Å². The average Bonchev–Trinajstić information content (AvgIpc) is 3.66. The molecule has 0 N–H and O–H groups in total. The number of anilines is 3. The molecule has 0 bridgehead atoms. The van der Waals surface area contributed by atoms with Gasteiger partial charge in [0.15, 0.2) is 0 Å². The molecule has 9 aromatic rings. The van der Waals surface area contributed by atoms with Crippen molar-refractivity contribution in [3.05, 3.63) is 210 Å². The van der Waals surface area contributed by atoms with E-state index in [-0.39, 0.29) is 11.3 Å². The maximum Gasteiger partial charge on any atom is 0.0465 e. The number of benzene rings is 8. The molecular weight excluding hydrogens is 647 g/mol. The van der Waals surface area contributed by atoms with E-state index in [2.05, 4.69) is 201 Å². The number of nitrogens with zero attached hydrogens (tertiary/aromatic N) is 1. The second-order valence-corrected chi connectivity index (χ2v) is 15.6. The van der Waals surface area contributed by atoms with E-state index in [1.54, 1.807) is 0 Å². The predicted molar refractivity (Wildman–Crippen MR) is 223 cm³/mol. The lowest BCUT2D eigenvalue weighted by atomic mass is 9.81. The lowest BCUT2D eigenvalue weighted by molar-refractivity contribution is 0.661. The van der Waals surface area contributed by atoms with Crippen LogP contribution in [0, 0.1) is 0 Å². The number of fused-ring (bicyclic) bond motifs is 7. The number of hydrogen-bond acceptors (Lipinski definition) is 2. The van der Waals surface area contributed by atoms with Crippen molar-refractivity contribution in [2.75, 3.05) is 4.90 Å². The Morgan fingerprint density at radius 3 is 1.75 bits per heavy atom. The fraction of sp³-hybridized carbons (Fsp3) is 0.0800. The molecule has 1 nitrogen and oxygen atoms in total. The molecule has 1 heterocycles. The first-order valence-corrected chi connectivity index (χ1v) is 18.9. The molecule has 0 spiro atoms. The molecule has 0 fully saturated rings. The molecule has 1 atom stereocenters. The van der Waals surface area contributed by atoms with Gasteiger partial charge in [-0.05, 0) is 110 Å². The Hall–Kier alpha value is -5.96. The third-order valence-electron chi connectivity index (χ3n) is 11.1. The first-order chi connectivity index (χ1) is 25.5. The van der Waals surface area contributed by atoms with Gasteiger partial charge in [0.25, 0.3) is 0 Å². The Labute approximate surface area is 309 Å². The number of hydrogen-bond donors (Lipinski definition) is 0. The lowest BCUT2D eigenvalue weighted by Crippen LogP contribution is -2.16. The van der Waals surface area contributed by atoms with Gasteiger partial charge in [-0.3, -0.25) is 0 Å². The molecule has 0 radical (unpaired) electrons. The molecule has 248 valence electrons. The molecule has 1 aliphatic carbocycles. The van der Waals surface area contributed by atoms with Gasteiger partial charge >= 0.3 is 0 Å². The zero-order valence-corrected chi connectivity index (χ0v) is 30.1. The average molecular weight is 684 g/mol. The molecule has 8 aromatic carbocycles. The summed E-state index contributed by atoms with van der Waals surface area (Å²) in [5, 5.41) is 5.24. The molecule has 2 heteroatoms. The van der Waals surface area contributed by atoms with Gasteiger partial charge in [0.1, 0.15) is 0 Å². The largest absolute Gasteiger partial charge is 0.310 e. The van der Waals surface area contributed by atoms with Gasteiger partial charge in [0, 0.05) is 48.6 Å². The summed E-state index contributed by atoms with van der Waals surface area (Å²) in [4.78, 5) is 2.37. The third-order valence-corrected chi connectivity index (χ3v) is 12.3. The third kappa shape index (κ3) is 4.98. The van der Waals surface area contributed by atoms with Crippen LogP contribution in [0.2, 0.25) is 0 Å². The summed E-state index contributed by atoms with van der Waals surface area (Å²) in [7, 11) is 0. The number of rotatable bonds is 6. The molecule has 52 heavy (non-hydrogen) atoms. The van der Waals surface area contributed by atoms with Crippen LogP contribution in [0.3, 0.4) is 0 Å². The predicted octanol–water partition coefficient (Wildman–Crippen LogP) is 14.2. The minimum atomic E-state index is -0.155. The van der Waals surface area contributed by atoms with Crippen LogP contribution in [-0.4, -0.2) is 0 Å². The van der Waals surface area contributed by atoms with Gasteiger partial charge in [-0.25, -0.2) is 0 Å². The number of thiophene rings is 1. The Morgan fingerprint density at radius 2 is 1.02 bits per heavy atom. The number of para-hydroxylation sites is 2. The second-order valence-electron chi connectivity index (χ2n) is 14.6. The zero-order chi connectivity index (χ0) is 34.8. The van der Waals surface area contributed by atoms with Crippen LogP contribution < -0.4 is 4.90 Å². The minimum absolute atomic E-state index is 0.135. The Kier molecular flexibility index (Phi) is 7.16. The molecule has 0 saturated carbocycles. The van der Waals surface area contributed by atoms with Gasteiger partial charge in [-0.15, -0.1) is 11.3 Å². The van der Waals surface area contributed by atoms with Crippen molar-refractivity contribution < 1.29 is 0 Å². The quantitative estimate of drug-likeness (QED) is 0.158. The highest BCUT2D eigenvalue weighted by atomic mass is 32.1. The summed E-state index contributed by atoms with van der Waals surface area (Å²) in [6.07, 6.45) is 0. The second kappa shape index (κ2) is 12.1. The van der Waals surface area contributed by atoms with Crippen molar-refractivity contribution in [1.29, 1.82) is 0 Å². The monoisotopic (exact) mass is 683 g/mol. The topological polar surface area (TPSA) is 3.24 Å². The highest BCUT2D eigenvalue weighted by Gasteiger charge is 2.37. The molecular formula is C50H37NS. The van der Waals surface area contributed by atoms with E-state index in [9.17, 15) is 0 Å². The van der Waals surface area contributed by atoms with Crippen LogP contribution in [0.5, 0.6) is 0 Å². The van der Waals surface area contributed by atoms with Gasteiger partial charge < -0.3 is 4.90 Å². The molecule has 1 unspecified atom stereocenters. The standard InChI is InChI=1S/C50H37NS/c1-50(2)45-30-40(51(38-18-8-4-9-19-38)39-20-10-5-11-21-39)25-26-41(45)42-32-48-44(31-46(42)50)43-29-37(24-27-47(43)52-48)49(34-15-6-3-7-16-34)36-23-22-33-14-12-13-17-35(33)28-36/h3-32,49H,1-2H3. The van der Waals surface area contributed by atoms with E-state index < -0.39 is 0 Å². The fourth-order valence-electron chi connectivity index (χ4n) is 8.54. The first kappa shape index (κ1) is 30.8. The molecule has 0 aliphatic heterocycles. The molecule has 0 saturated heterocycles. The molecule has 10 rings (SSSR count). The normalized spacial score (nSPS) is 13.7. The SMILES string of the molecule is CC1(C)c2cc(N(c3ccccc3)c3ccccc3)ccc2-c2cc3sc4ccc(C(c5ccccc5)c5ccc6ccccc6c5)cc4c3cc21. The van der Waals surface area contributed by atoms with Crippen LogP contribution in [-0.2, 0) is 5.41 Å². The summed E-state index contributed by atoms with van der Waals surface area (Å²) in [6, 6.07) is 67.2. The smallest absolute Gasteiger partial charge is 0.0465 e. The van der Waals surface area contributed by atoms with Crippen LogP contribution in [0.1, 0.15) is 47.6 Å². The summed E-state index contributed by atoms with van der Waals surface area (Å²) < 4.78 is 2.68. The minimum Gasteiger partial charge on any atom is -0.310 e. The zero-order valence-electron chi connectivity index (χ0n) is 29.3. The van der Waals surface area contributed by atoms with Gasteiger partial charge in [0.05, 0.1) is 0 Å². The Morgan fingerprint density at radius 1 is 0.423 bits per heavy atom. The van der Waals surface area contributed by atoms with Gasteiger partial charge in [-0.2, -0.15) is 0 Å². The molecule has 0 amide bonds. The lowest BCUT2D eigenvalue weighted by Gasteiger charge is -2.28. The van der Waals surface area contributed by atoms with Gasteiger partial charge in [-0.1, -0.05) is 135 Å². The Balaban J connectivity index is 1.10. The van der Waals surface area contributed by atoms with E-state index in [4.69, 9.17) is 0 Å². The first-order valence-electron chi connectivity index (χ1n) is 18.1. The highest BCUT2D eigenvalue weighted by Crippen LogP contribution is 2.53. The van der Waals surface area contributed by atoms with Crippen molar-refractivity contribution in [2.24, 2.45) is 0 Å². The van der Waals surface area contributed by atoms with Gasteiger partial charge in [0.2, 0.25) is 0 Å². The fourth-order valence-corrected chi connectivity index (χ4v) is 9.65. The summed E-state index contributed by atoms with van der Waals surface area (Å²) in [5.41, 5.74) is 12.7. The maximum atomic E-state index is 2.51. The van der Waals surface area contributed by atoms with E-state index in [1.807, 2.05) is 11.3 Å². The van der Waals surface area contributed by atoms with E-state index in [0.717, 1.165) is 11.4 Å². The van der Waals surface area contributed by atoms with Crippen LogP contribution in [0.4, 0.5) is 17.1 Å².